The van der Waals surface area contributed by atoms with Crippen LogP contribution in [0.2, 0.25) is 0 Å². The van der Waals surface area contributed by atoms with Crippen LogP contribution in [0.25, 0.3) is 0 Å². The lowest BCUT2D eigenvalue weighted by Gasteiger charge is -2.27. The maximum absolute atomic E-state index is 12.6. The number of rotatable bonds is 5. The van der Waals surface area contributed by atoms with Crippen LogP contribution in [0.3, 0.4) is 0 Å². The molecule has 6 heteroatoms. The van der Waals surface area contributed by atoms with E-state index in [1.54, 1.807) is 7.11 Å². The van der Waals surface area contributed by atoms with E-state index in [0.29, 0.717) is 29.1 Å². The minimum absolute atomic E-state index is 0. The molecule has 2 aromatic carbocycles. The molecule has 1 amide bonds. The molecule has 4 unspecified atom stereocenters. The van der Waals surface area contributed by atoms with Gasteiger partial charge in [-0.2, -0.15) is 0 Å². The molecule has 4 rings (SSSR count). The summed E-state index contributed by atoms with van der Waals surface area (Å²) in [6.45, 7) is 0. The Morgan fingerprint density at radius 1 is 1.04 bits per heavy atom. The largest absolute Gasteiger partial charge is 0.493 e. The lowest BCUT2D eigenvalue weighted by atomic mass is 9.84. The first-order chi connectivity index (χ1) is 12.7. The average Bonchev–Trinajstić information content (AvgIpc) is 3.25. The Morgan fingerprint density at radius 2 is 1.70 bits per heavy atom. The molecule has 0 spiro atoms. The minimum atomic E-state index is -0.0572. The van der Waals surface area contributed by atoms with Crippen molar-refractivity contribution in [2.24, 2.45) is 23.5 Å². The second kappa shape index (κ2) is 8.19. The molecule has 144 valence electrons. The molecule has 27 heavy (non-hydrogen) atoms. The van der Waals surface area contributed by atoms with Gasteiger partial charge in [0.25, 0.3) is 0 Å². The third-order valence-electron chi connectivity index (χ3n) is 5.70. The summed E-state index contributed by atoms with van der Waals surface area (Å²) in [6, 6.07) is 14.9. The zero-order valence-corrected chi connectivity index (χ0v) is 16.1. The summed E-state index contributed by atoms with van der Waals surface area (Å²) < 4.78 is 11.2. The van der Waals surface area contributed by atoms with Crippen molar-refractivity contribution in [1.82, 2.24) is 0 Å². The Morgan fingerprint density at radius 3 is 2.33 bits per heavy atom. The molecule has 0 radical (unpaired) electrons. The number of ether oxygens (including phenoxy) is 2. The first-order valence-electron chi connectivity index (χ1n) is 9.13. The van der Waals surface area contributed by atoms with Gasteiger partial charge in [-0.25, -0.2) is 0 Å². The second-order valence-electron chi connectivity index (χ2n) is 7.20. The van der Waals surface area contributed by atoms with Gasteiger partial charge in [0.15, 0.2) is 11.5 Å². The lowest BCUT2D eigenvalue weighted by molar-refractivity contribution is -0.121. The molecule has 4 atom stereocenters. The van der Waals surface area contributed by atoms with Gasteiger partial charge in [-0.1, -0.05) is 12.1 Å². The van der Waals surface area contributed by atoms with E-state index in [4.69, 9.17) is 15.2 Å². The maximum atomic E-state index is 12.6. The number of halogens is 1. The van der Waals surface area contributed by atoms with E-state index < -0.39 is 0 Å². The van der Waals surface area contributed by atoms with Crippen LogP contribution in [0.1, 0.15) is 19.3 Å². The number of nitrogens with two attached hydrogens (primary N) is 1. The number of fused-ring (bicyclic) bond motifs is 2. The number of carbonyl (C=O) groups excluding carboxylic acids is 1. The smallest absolute Gasteiger partial charge is 0.229 e. The van der Waals surface area contributed by atoms with Gasteiger partial charge in [0.2, 0.25) is 5.91 Å². The molecule has 2 aliphatic rings. The van der Waals surface area contributed by atoms with Crippen LogP contribution >= 0.6 is 12.4 Å². The fourth-order valence-corrected chi connectivity index (χ4v) is 4.39. The fraction of sp³-hybridized carbons (Fsp3) is 0.381. The second-order valence-corrected chi connectivity index (χ2v) is 7.20. The SMILES string of the molecule is COc1ccccc1Oc1ccc(NC(=O)C2C3CCC(C3)C2N)cc1.Cl. The summed E-state index contributed by atoms with van der Waals surface area (Å²) in [5.74, 6) is 2.97. The predicted octanol–water partition coefficient (Wildman–Crippen LogP) is 4.22. The van der Waals surface area contributed by atoms with Crippen molar-refractivity contribution in [3.8, 4) is 17.2 Å². The highest BCUT2D eigenvalue weighted by Crippen LogP contribution is 2.48. The van der Waals surface area contributed by atoms with Gasteiger partial charge >= 0.3 is 0 Å². The van der Waals surface area contributed by atoms with Crippen LogP contribution in [-0.2, 0) is 4.79 Å². The monoisotopic (exact) mass is 388 g/mol. The van der Waals surface area contributed by atoms with Crippen LogP contribution in [0.5, 0.6) is 17.2 Å². The van der Waals surface area contributed by atoms with Crippen molar-refractivity contribution < 1.29 is 14.3 Å². The highest BCUT2D eigenvalue weighted by molar-refractivity contribution is 5.93. The van der Waals surface area contributed by atoms with Gasteiger partial charge < -0.3 is 20.5 Å². The topological polar surface area (TPSA) is 73.6 Å². The van der Waals surface area contributed by atoms with Crippen molar-refractivity contribution in [3.05, 3.63) is 48.5 Å². The molecule has 3 N–H and O–H groups in total. The molecule has 0 saturated heterocycles. The number of para-hydroxylation sites is 2. The zero-order chi connectivity index (χ0) is 18.1. The zero-order valence-electron chi connectivity index (χ0n) is 15.3. The van der Waals surface area contributed by atoms with Gasteiger partial charge in [-0.3, -0.25) is 4.79 Å². The van der Waals surface area contributed by atoms with Crippen LogP contribution < -0.4 is 20.5 Å². The van der Waals surface area contributed by atoms with Crippen LogP contribution in [-0.4, -0.2) is 19.1 Å². The van der Waals surface area contributed by atoms with E-state index in [1.165, 1.54) is 6.42 Å². The van der Waals surface area contributed by atoms with Crippen molar-refractivity contribution in [2.45, 2.75) is 25.3 Å². The first kappa shape index (κ1) is 19.5. The number of anilines is 1. The number of benzene rings is 2. The average molecular weight is 389 g/mol. The summed E-state index contributed by atoms with van der Waals surface area (Å²) in [6.07, 6.45) is 3.40. The van der Waals surface area contributed by atoms with E-state index in [9.17, 15) is 4.79 Å². The molecule has 0 heterocycles. The van der Waals surface area contributed by atoms with E-state index in [-0.39, 0.29) is 30.3 Å². The van der Waals surface area contributed by atoms with Gasteiger partial charge in [-0.05, 0) is 67.5 Å². The summed E-state index contributed by atoms with van der Waals surface area (Å²) in [5, 5.41) is 3.01. The van der Waals surface area contributed by atoms with Gasteiger partial charge in [-0.15, -0.1) is 12.4 Å². The Labute approximate surface area is 165 Å². The van der Waals surface area contributed by atoms with Crippen LogP contribution in [0, 0.1) is 17.8 Å². The molecule has 0 aliphatic heterocycles. The van der Waals surface area contributed by atoms with Gasteiger partial charge in [0.05, 0.1) is 13.0 Å². The van der Waals surface area contributed by atoms with Crippen LogP contribution in [0.4, 0.5) is 5.69 Å². The van der Waals surface area contributed by atoms with E-state index in [0.717, 1.165) is 18.5 Å². The minimum Gasteiger partial charge on any atom is -0.493 e. The van der Waals surface area contributed by atoms with Crippen molar-refractivity contribution in [1.29, 1.82) is 0 Å². The number of hydrogen-bond acceptors (Lipinski definition) is 4. The highest BCUT2D eigenvalue weighted by atomic mass is 35.5. The molecular formula is C21H25ClN2O3. The molecule has 2 fully saturated rings. The van der Waals surface area contributed by atoms with E-state index in [2.05, 4.69) is 5.32 Å². The lowest BCUT2D eigenvalue weighted by Crippen LogP contribution is -2.42. The normalized spacial score (nSPS) is 25.6. The first-order valence-corrected chi connectivity index (χ1v) is 9.13. The molecule has 0 aromatic heterocycles. The van der Waals surface area contributed by atoms with Crippen molar-refractivity contribution >= 4 is 24.0 Å². The Hall–Kier alpha value is -2.24. The maximum Gasteiger partial charge on any atom is 0.229 e. The summed E-state index contributed by atoms with van der Waals surface area (Å²) in [5.41, 5.74) is 7.02. The molecule has 2 aliphatic carbocycles. The quantitative estimate of drug-likeness (QED) is 0.804. The summed E-state index contributed by atoms with van der Waals surface area (Å²) in [7, 11) is 1.61. The predicted molar refractivity (Wildman–Crippen MR) is 108 cm³/mol. The van der Waals surface area contributed by atoms with Crippen LogP contribution in [0.15, 0.2) is 48.5 Å². The summed E-state index contributed by atoms with van der Waals surface area (Å²) >= 11 is 0. The highest BCUT2D eigenvalue weighted by Gasteiger charge is 2.49. The molecular weight excluding hydrogens is 364 g/mol. The number of methoxy groups -OCH3 is 1. The Balaban J connectivity index is 0.00000210. The number of nitrogens with one attached hydrogen (secondary N) is 1. The number of amides is 1. The number of hydrogen-bond donors (Lipinski definition) is 2. The van der Waals surface area contributed by atoms with Crippen molar-refractivity contribution in [2.75, 3.05) is 12.4 Å². The molecule has 2 saturated carbocycles. The van der Waals surface area contributed by atoms with Gasteiger partial charge in [0, 0.05) is 11.7 Å². The van der Waals surface area contributed by atoms with E-state index in [1.807, 2.05) is 48.5 Å². The van der Waals surface area contributed by atoms with E-state index >= 15 is 0 Å². The standard InChI is InChI=1S/C21H24N2O3.ClH/c1-25-17-4-2-3-5-18(17)26-16-10-8-15(9-11-16)23-21(24)19-13-6-7-14(12-13)20(19)22;/h2-5,8-11,13-14,19-20H,6-7,12,22H2,1H3,(H,23,24);1H. The third-order valence-corrected chi connectivity index (χ3v) is 5.70. The Kier molecular flexibility index (Phi) is 5.92. The summed E-state index contributed by atoms with van der Waals surface area (Å²) in [4.78, 5) is 12.6. The molecule has 2 bridgehead atoms. The van der Waals surface area contributed by atoms with Crippen molar-refractivity contribution in [3.63, 3.8) is 0 Å². The third kappa shape index (κ3) is 3.89. The number of carbonyl (C=O) groups is 1. The van der Waals surface area contributed by atoms with Gasteiger partial charge in [0.1, 0.15) is 5.75 Å². The molecule has 2 aromatic rings. The fourth-order valence-electron chi connectivity index (χ4n) is 4.39. The molecule has 5 nitrogen and oxygen atoms in total. The Bertz CT molecular complexity index is 794.